The number of aliphatic hydroxyl groups is 1. The summed E-state index contributed by atoms with van der Waals surface area (Å²) < 4.78 is 0. The molecule has 1 aromatic carbocycles. The summed E-state index contributed by atoms with van der Waals surface area (Å²) in [7, 11) is 0. The molecule has 1 saturated carbocycles. The second-order valence-electron chi connectivity index (χ2n) is 9.63. The topological polar surface area (TPSA) is 46.2 Å². The minimum Gasteiger partial charge on any atom is -0.393 e. The van der Waals surface area contributed by atoms with Crippen molar-refractivity contribution in [3.05, 3.63) is 35.4 Å². The maximum absolute atomic E-state index is 9.99. The van der Waals surface area contributed by atoms with E-state index in [1.54, 1.807) is 0 Å². The quantitative estimate of drug-likeness (QED) is 0.417. The lowest BCUT2D eigenvalue weighted by Crippen LogP contribution is -2.44. The molecule has 0 heterocycles. The second-order valence-corrected chi connectivity index (χ2v) is 9.63. The van der Waals surface area contributed by atoms with Gasteiger partial charge in [0.1, 0.15) is 0 Å². The van der Waals surface area contributed by atoms with Gasteiger partial charge >= 0.3 is 0 Å². The first-order valence-electron chi connectivity index (χ1n) is 11.4. The third-order valence-electron chi connectivity index (χ3n) is 6.48. The molecule has 2 heteroatoms. The van der Waals surface area contributed by atoms with Crippen LogP contribution in [-0.2, 0) is 11.8 Å². The number of rotatable bonds is 13. The van der Waals surface area contributed by atoms with Gasteiger partial charge in [-0.2, -0.15) is 0 Å². The van der Waals surface area contributed by atoms with Gasteiger partial charge in [-0.1, -0.05) is 83.6 Å². The third-order valence-corrected chi connectivity index (χ3v) is 6.48. The molecule has 3 N–H and O–H groups in total. The molecule has 0 saturated heterocycles. The highest BCUT2D eigenvalue weighted by Crippen LogP contribution is 2.48. The Kier molecular flexibility index (Phi) is 9.32. The molecule has 2 nitrogen and oxygen atoms in total. The molecule has 0 amide bonds. The fraction of sp³-hybridized carbons (Fsp3) is 0.760. The molecule has 0 radical (unpaired) electrons. The largest absolute Gasteiger partial charge is 0.393 e. The number of unbranched alkanes of at least 4 members (excludes halogenated alkanes) is 4. The second kappa shape index (κ2) is 11.2. The first-order chi connectivity index (χ1) is 12.9. The van der Waals surface area contributed by atoms with Crippen molar-refractivity contribution in [3.8, 4) is 0 Å². The number of hydrogen-bond acceptors (Lipinski definition) is 2. The Hall–Kier alpha value is -0.860. The van der Waals surface area contributed by atoms with Crippen LogP contribution in [0.2, 0.25) is 0 Å². The summed E-state index contributed by atoms with van der Waals surface area (Å²) in [5, 5.41) is 9.99. The van der Waals surface area contributed by atoms with E-state index in [1.165, 1.54) is 68.9 Å². The van der Waals surface area contributed by atoms with Crippen molar-refractivity contribution in [2.24, 2.45) is 17.6 Å². The molecule has 154 valence electrons. The van der Waals surface area contributed by atoms with E-state index < -0.39 is 0 Å². The van der Waals surface area contributed by atoms with Crippen LogP contribution in [0, 0.1) is 11.8 Å². The minimum absolute atomic E-state index is 0.0981. The van der Waals surface area contributed by atoms with Gasteiger partial charge in [0.15, 0.2) is 0 Å². The number of nitrogens with two attached hydrogens (primary N) is 1. The molecule has 1 atom stereocenters. The van der Waals surface area contributed by atoms with Gasteiger partial charge < -0.3 is 10.8 Å². The Balaban J connectivity index is 1.86. The minimum atomic E-state index is -0.0981. The Morgan fingerprint density at radius 1 is 1.04 bits per heavy atom. The van der Waals surface area contributed by atoms with Crippen LogP contribution in [0.3, 0.4) is 0 Å². The fourth-order valence-electron chi connectivity index (χ4n) is 4.69. The molecular formula is C25H43NO. The number of aliphatic hydroxyl groups excluding tert-OH is 1. The van der Waals surface area contributed by atoms with Crippen LogP contribution in [0.25, 0.3) is 0 Å². The average molecular weight is 374 g/mol. The highest BCUT2D eigenvalue weighted by atomic mass is 16.3. The van der Waals surface area contributed by atoms with Crippen molar-refractivity contribution in [3.63, 3.8) is 0 Å². The predicted octanol–water partition coefficient (Wildman–Crippen LogP) is 5.99. The maximum atomic E-state index is 9.99. The molecule has 0 aromatic heterocycles. The molecule has 1 aromatic rings. The van der Waals surface area contributed by atoms with Gasteiger partial charge in [0.05, 0.1) is 6.10 Å². The monoisotopic (exact) mass is 373 g/mol. The predicted molar refractivity (Wildman–Crippen MR) is 117 cm³/mol. The molecule has 1 aliphatic rings. The van der Waals surface area contributed by atoms with Gasteiger partial charge in [0.2, 0.25) is 0 Å². The van der Waals surface area contributed by atoms with Crippen LogP contribution in [0.4, 0.5) is 0 Å². The van der Waals surface area contributed by atoms with Crippen molar-refractivity contribution in [1.29, 1.82) is 0 Å². The van der Waals surface area contributed by atoms with E-state index >= 15 is 0 Å². The van der Waals surface area contributed by atoms with E-state index in [1.807, 2.05) is 0 Å². The van der Waals surface area contributed by atoms with Crippen molar-refractivity contribution in [2.75, 3.05) is 6.54 Å². The SMILES string of the molecule is CC(C)CCC1(c2cccc(CC(C)CCCCCCCN)c2)CC(O)C1. The molecule has 1 aliphatic carbocycles. The van der Waals surface area contributed by atoms with Gasteiger partial charge in [0, 0.05) is 5.41 Å². The normalized spacial score (nSPS) is 23.4. The summed E-state index contributed by atoms with van der Waals surface area (Å²) in [5.41, 5.74) is 8.74. The Bertz CT molecular complexity index is 533. The lowest BCUT2D eigenvalue weighted by Gasteiger charge is -2.47. The summed E-state index contributed by atoms with van der Waals surface area (Å²) in [5.74, 6) is 1.47. The van der Waals surface area contributed by atoms with Crippen LogP contribution in [0.5, 0.6) is 0 Å². The zero-order chi connectivity index (χ0) is 19.7. The first kappa shape index (κ1) is 22.4. The first-order valence-corrected chi connectivity index (χ1v) is 11.4. The van der Waals surface area contributed by atoms with E-state index in [-0.39, 0.29) is 11.5 Å². The maximum Gasteiger partial charge on any atom is 0.0557 e. The molecule has 1 fully saturated rings. The van der Waals surface area contributed by atoms with Gasteiger partial charge in [-0.15, -0.1) is 0 Å². The average Bonchev–Trinajstić information content (AvgIpc) is 2.60. The third kappa shape index (κ3) is 7.23. The van der Waals surface area contributed by atoms with Crippen molar-refractivity contribution in [2.45, 2.75) is 103 Å². The Morgan fingerprint density at radius 3 is 2.41 bits per heavy atom. The van der Waals surface area contributed by atoms with Gasteiger partial charge in [-0.05, 0) is 61.6 Å². The molecule has 27 heavy (non-hydrogen) atoms. The van der Waals surface area contributed by atoms with Gasteiger partial charge in [-0.3, -0.25) is 0 Å². The number of hydrogen-bond donors (Lipinski definition) is 2. The highest BCUT2D eigenvalue weighted by Gasteiger charge is 2.44. The van der Waals surface area contributed by atoms with Crippen LogP contribution in [-0.4, -0.2) is 17.8 Å². The molecule has 1 unspecified atom stereocenters. The van der Waals surface area contributed by atoms with E-state index in [0.717, 1.165) is 31.2 Å². The molecular weight excluding hydrogens is 330 g/mol. The van der Waals surface area contributed by atoms with Crippen molar-refractivity contribution < 1.29 is 5.11 Å². The molecule has 0 spiro atoms. The summed E-state index contributed by atoms with van der Waals surface area (Å²) in [6, 6.07) is 9.29. The highest BCUT2D eigenvalue weighted by molar-refractivity contribution is 5.33. The summed E-state index contributed by atoms with van der Waals surface area (Å²) in [4.78, 5) is 0. The lowest BCUT2D eigenvalue weighted by molar-refractivity contribution is 0.0106. The summed E-state index contributed by atoms with van der Waals surface area (Å²) >= 11 is 0. The summed E-state index contributed by atoms with van der Waals surface area (Å²) in [6.45, 7) is 7.84. The standard InChI is InChI=1S/C25H43NO/c1-20(2)13-14-25(18-24(27)19-25)23-12-9-11-22(17-23)16-21(3)10-7-5-4-6-8-15-26/h9,11-12,17,20-21,24,27H,4-8,10,13-16,18-19,26H2,1-3H3. The zero-order valence-electron chi connectivity index (χ0n) is 18.1. The van der Waals surface area contributed by atoms with Crippen LogP contribution < -0.4 is 5.73 Å². The van der Waals surface area contributed by atoms with Gasteiger partial charge in [0.25, 0.3) is 0 Å². The number of benzene rings is 1. The zero-order valence-corrected chi connectivity index (χ0v) is 18.1. The smallest absolute Gasteiger partial charge is 0.0557 e. The van der Waals surface area contributed by atoms with Crippen molar-refractivity contribution in [1.82, 2.24) is 0 Å². The van der Waals surface area contributed by atoms with E-state index in [9.17, 15) is 5.11 Å². The molecule has 0 bridgehead atoms. The van der Waals surface area contributed by atoms with Crippen LogP contribution >= 0.6 is 0 Å². The van der Waals surface area contributed by atoms with E-state index in [2.05, 4.69) is 45.0 Å². The van der Waals surface area contributed by atoms with E-state index in [0.29, 0.717) is 0 Å². The Morgan fingerprint density at radius 2 is 1.74 bits per heavy atom. The van der Waals surface area contributed by atoms with Crippen LogP contribution in [0.15, 0.2) is 24.3 Å². The van der Waals surface area contributed by atoms with Crippen LogP contribution in [0.1, 0.15) is 96.1 Å². The lowest BCUT2D eigenvalue weighted by atomic mass is 9.60. The van der Waals surface area contributed by atoms with Gasteiger partial charge in [-0.25, -0.2) is 0 Å². The fourth-order valence-corrected chi connectivity index (χ4v) is 4.69. The van der Waals surface area contributed by atoms with Crippen molar-refractivity contribution >= 4 is 0 Å². The molecule has 2 rings (SSSR count). The summed E-state index contributed by atoms with van der Waals surface area (Å²) in [6.07, 6.45) is 13.2. The Labute approximate surface area is 167 Å². The van der Waals surface area contributed by atoms with E-state index in [4.69, 9.17) is 5.73 Å². The molecule has 0 aliphatic heterocycles.